The first-order chi connectivity index (χ1) is 8.99. The van der Waals surface area contributed by atoms with Gasteiger partial charge in [-0.1, -0.05) is 17.7 Å². The summed E-state index contributed by atoms with van der Waals surface area (Å²) < 4.78 is 4.76. The number of carbonyl (C=O) groups is 1. The van der Waals surface area contributed by atoms with E-state index in [1.54, 1.807) is 6.92 Å². The van der Waals surface area contributed by atoms with Gasteiger partial charge in [-0.25, -0.2) is 0 Å². The number of rotatable bonds is 5. The van der Waals surface area contributed by atoms with E-state index < -0.39 is 16.8 Å². The molecule has 0 saturated heterocycles. The van der Waals surface area contributed by atoms with Crippen molar-refractivity contribution in [3.8, 4) is 6.07 Å². The first-order valence-corrected chi connectivity index (χ1v) is 5.86. The van der Waals surface area contributed by atoms with E-state index in [1.165, 1.54) is 18.2 Å². The average molecular weight is 283 g/mol. The van der Waals surface area contributed by atoms with Crippen LogP contribution in [0.25, 0.3) is 0 Å². The predicted octanol–water partition coefficient (Wildman–Crippen LogP) is 2.49. The maximum absolute atomic E-state index is 11.5. The molecule has 0 aliphatic heterocycles. The average Bonchev–Trinajstić information content (AvgIpc) is 2.37. The second-order valence-corrected chi connectivity index (χ2v) is 4.08. The molecule has 0 aliphatic carbocycles. The molecule has 1 rings (SSSR count). The minimum atomic E-state index is -0.973. The largest absolute Gasteiger partial charge is 0.465 e. The van der Waals surface area contributed by atoms with Crippen molar-refractivity contribution in [2.45, 2.75) is 13.3 Å². The van der Waals surface area contributed by atoms with Gasteiger partial charge in [0.2, 0.25) is 0 Å². The third-order valence-corrected chi connectivity index (χ3v) is 2.75. The molecule has 0 amide bonds. The summed E-state index contributed by atoms with van der Waals surface area (Å²) >= 11 is 5.89. The van der Waals surface area contributed by atoms with E-state index in [-0.39, 0.29) is 23.7 Å². The first kappa shape index (κ1) is 14.9. The van der Waals surface area contributed by atoms with E-state index in [4.69, 9.17) is 21.6 Å². The summed E-state index contributed by atoms with van der Waals surface area (Å²) in [6.45, 7) is 1.83. The third kappa shape index (κ3) is 3.93. The molecular formula is C12H11ClN2O4. The number of hydrogen-bond donors (Lipinski definition) is 0. The van der Waals surface area contributed by atoms with Crippen molar-refractivity contribution < 1.29 is 14.5 Å². The highest BCUT2D eigenvalue weighted by Crippen LogP contribution is 2.24. The quantitative estimate of drug-likeness (QED) is 0.470. The van der Waals surface area contributed by atoms with Crippen molar-refractivity contribution in [2.24, 2.45) is 5.92 Å². The van der Waals surface area contributed by atoms with Gasteiger partial charge in [0.15, 0.2) is 0 Å². The smallest absolute Gasteiger partial charge is 0.323 e. The highest BCUT2D eigenvalue weighted by atomic mass is 35.5. The second kappa shape index (κ2) is 6.71. The van der Waals surface area contributed by atoms with E-state index in [1.807, 2.05) is 6.07 Å². The zero-order chi connectivity index (χ0) is 14.4. The summed E-state index contributed by atoms with van der Waals surface area (Å²) in [5.41, 5.74) is 0.352. The van der Waals surface area contributed by atoms with Gasteiger partial charge in [0.1, 0.15) is 5.92 Å². The Labute approximate surface area is 114 Å². The minimum absolute atomic E-state index is 0.0617. The zero-order valence-corrected chi connectivity index (χ0v) is 10.9. The number of ether oxygens (including phenoxy) is 1. The molecule has 0 spiro atoms. The van der Waals surface area contributed by atoms with Gasteiger partial charge >= 0.3 is 5.97 Å². The molecule has 0 saturated carbocycles. The van der Waals surface area contributed by atoms with Crippen LogP contribution in [0.2, 0.25) is 5.02 Å². The van der Waals surface area contributed by atoms with Crippen LogP contribution in [-0.2, 0) is 16.0 Å². The summed E-state index contributed by atoms with van der Waals surface area (Å²) in [5.74, 6) is -1.60. The van der Waals surface area contributed by atoms with Crippen molar-refractivity contribution in [2.75, 3.05) is 6.61 Å². The van der Waals surface area contributed by atoms with Gasteiger partial charge in [-0.2, -0.15) is 5.26 Å². The fourth-order valence-corrected chi connectivity index (χ4v) is 1.71. The SMILES string of the molecule is CCOC(=O)C(C#N)Cc1ccc([N+](=O)[O-])cc1Cl. The van der Waals surface area contributed by atoms with Gasteiger partial charge in [-0.3, -0.25) is 14.9 Å². The molecule has 1 unspecified atom stereocenters. The van der Waals surface area contributed by atoms with Crippen molar-refractivity contribution in [3.63, 3.8) is 0 Å². The number of esters is 1. The zero-order valence-electron chi connectivity index (χ0n) is 10.1. The highest BCUT2D eigenvalue weighted by molar-refractivity contribution is 6.31. The molecule has 1 aromatic carbocycles. The number of non-ortho nitro benzene ring substituents is 1. The standard InChI is InChI=1S/C12H11ClN2O4/c1-2-19-12(16)9(7-14)5-8-3-4-10(15(17)18)6-11(8)13/h3-4,6,9H,2,5H2,1H3. The van der Waals surface area contributed by atoms with Crippen molar-refractivity contribution >= 4 is 23.3 Å². The normalized spacial score (nSPS) is 11.4. The van der Waals surface area contributed by atoms with E-state index in [0.717, 1.165) is 0 Å². The Morgan fingerprint density at radius 2 is 2.32 bits per heavy atom. The molecule has 0 bridgehead atoms. The summed E-state index contributed by atoms with van der Waals surface area (Å²) in [6, 6.07) is 5.74. The van der Waals surface area contributed by atoms with Gasteiger partial charge in [-0.05, 0) is 12.5 Å². The Kier molecular flexibility index (Phi) is 5.27. The number of benzene rings is 1. The number of nitro groups is 1. The number of hydrogen-bond acceptors (Lipinski definition) is 5. The fraction of sp³-hybridized carbons (Fsp3) is 0.333. The Bertz CT molecular complexity index is 539. The van der Waals surface area contributed by atoms with Gasteiger partial charge < -0.3 is 4.74 Å². The maximum Gasteiger partial charge on any atom is 0.323 e. The number of carbonyl (C=O) groups excluding carboxylic acids is 1. The number of nitriles is 1. The number of nitrogens with zero attached hydrogens (tertiary/aromatic N) is 2. The molecule has 0 aromatic heterocycles. The Morgan fingerprint density at radius 3 is 2.79 bits per heavy atom. The molecule has 6 nitrogen and oxygen atoms in total. The lowest BCUT2D eigenvalue weighted by atomic mass is 10.0. The van der Waals surface area contributed by atoms with Gasteiger partial charge in [-0.15, -0.1) is 0 Å². The van der Waals surface area contributed by atoms with E-state index >= 15 is 0 Å². The topological polar surface area (TPSA) is 93.2 Å². The van der Waals surface area contributed by atoms with Crippen molar-refractivity contribution in [1.29, 1.82) is 5.26 Å². The van der Waals surface area contributed by atoms with Gasteiger partial charge in [0.05, 0.1) is 22.6 Å². The monoisotopic (exact) mass is 282 g/mol. The van der Waals surface area contributed by atoms with E-state index in [0.29, 0.717) is 5.56 Å². The van der Waals surface area contributed by atoms with Crippen LogP contribution in [0, 0.1) is 27.4 Å². The predicted molar refractivity (Wildman–Crippen MR) is 67.5 cm³/mol. The van der Waals surface area contributed by atoms with Crippen LogP contribution in [0.15, 0.2) is 18.2 Å². The Morgan fingerprint density at radius 1 is 1.63 bits per heavy atom. The van der Waals surface area contributed by atoms with Crippen LogP contribution >= 0.6 is 11.6 Å². The lowest BCUT2D eigenvalue weighted by Crippen LogP contribution is -2.18. The summed E-state index contributed by atoms with van der Waals surface area (Å²) in [6.07, 6.45) is 0.0617. The van der Waals surface area contributed by atoms with Crippen LogP contribution in [0.1, 0.15) is 12.5 Å². The van der Waals surface area contributed by atoms with Gasteiger partial charge in [0, 0.05) is 18.6 Å². The maximum atomic E-state index is 11.5. The van der Waals surface area contributed by atoms with Crippen LogP contribution < -0.4 is 0 Å². The minimum Gasteiger partial charge on any atom is -0.465 e. The fourth-order valence-electron chi connectivity index (χ4n) is 1.46. The Hall–Kier alpha value is -2.13. The molecule has 7 heteroatoms. The summed E-state index contributed by atoms with van der Waals surface area (Å²) in [7, 11) is 0. The van der Waals surface area contributed by atoms with Crippen LogP contribution in [0.3, 0.4) is 0 Å². The number of halogens is 1. The Balaban J connectivity index is 2.90. The molecular weight excluding hydrogens is 272 g/mol. The highest BCUT2D eigenvalue weighted by Gasteiger charge is 2.21. The molecule has 0 fully saturated rings. The summed E-state index contributed by atoms with van der Waals surface area (Å²) in [5, 5.41) is 19.6. The van der Waals surface area contributed by atoms with E-state index in [9.17, 15) is 14.9 Å². The molecule has 19 heavy (non-hydrogen) atoms. The molecule has 1 aromatic rings. The van der Waals surface area contributed by atoms with Crippen molar-refractivity contribution in [1.82, 2.24) is 0 Å². The van der Waals surface area contributed by atoms with Gasteiger partial charge in [0.25, 0.3) is 5.69 Å². The lowest BCUT2D eigenvalue weighted by molar-refractivity contribution is -0.384. The molecule has 0 aliphatic rings. The number of nitro benzene ring substituents is 1. The molecule has 0 heterocycles. The van der Waals surface area contributed by atoms with Crippen LogP contribution in [0.5, 0.6) is 0 Å². The molecule has 1 atom stereocenters. The van der Waals surface area contributed by atoms with E-state index in [2.05, 4.69) is 0 Å². The van der Waals surface area contributed by atoms with Crippen LogP contribution in [-0.4, -0.2) is 17.5 Å². The van der Waals surface area contributed by atoms with Crippen LogP contribution in [0.4, 0.5) is 5.69 Å². The first-order valence-electron chi connectivity index (χ1n) is 5.48. The molecule has 100 valence electrons. The summed E-state index contributed by atoms with van der Waals surface area (Å²) in [4.78, 5) is 21.5. The third-order valence-electron chi connectivity index (χ3n) is 2.40. The van der Waals surface area contributed by atoms with Crippen molar-refractivity contribution in [3.05, 3.63) is 38.9 Å². The molecule has 0 radical (unpaired) electrons. The molecule has 0 N–H and O–H groups in total. The second-order valence-electron chi connectivity index (χ2n) is 3.67. The lowest BCUT2D eigenvalue weighted by Gasteiger charge is -2.09.